The summed E-state index contributed by atoms with van der Waals surface area (Å²) < 4.78 is 6.01. The van der Waals surface area contributed by atoms with E-state index in [2.05, 4.69) is 0 Å². The van der Waals surface area contributed by atoms with Gasteiger partial charge in [-0.25, -0.2) is 0 Å². The van der Waals surface area contributed by atoms with Crippen LogP contribution in [0.15, 0.2) is 0 Å². The van der Waals surface area contributed by atoms with Crippen LogP contribution in [0.5, 0.6) is 0 Å². The van der Waals surface area contributed by atoms with Crippen molar-refractivity contribution >= 4 is 11.9 Å². The van der Waals surface area contributed by atoms with E-state index in [9.17, 15) is 9.59 Å². The number of likely N-dealkylation sites (tertiary alicyclic amines) is 1. The quantitative estimate of drug-likeness (QED) is 0.846. The van der Waals surface area contributed by atoms with E-state index in [1.807, 2.05) is 6.92 Å². The van der Waals surface area contributed by atoms with Crippen molar-refractivity contribution in [1.29, 1.82) is 0 Å². The number of nitrogens with zero attached hydrogens (tertiary/aromatic N) is 1. The van der Waals surface area contributed by atoms with Crippen LogP contribution in [0.1, 0.15) is 58.3 Å². The number of hydrogen-bond donors (Lipinski definition) is 1. The first-order valence-electron chi connectivity index (χ1n) is 8.29. The Bertz CT molecular complexity index is 365. The highest BCUT2D eigenvalue weighted by molar-refractivity contribution is 5.82. The molecule has 2 aliphatic rings. The van der Waals surface area contributed by atoms with Crippen molar-refractivity contribution in [2.75, 3.05) is 13.1 Å². The van der Waals surface area contributed by atoms with Crippen LogP contribution in [0, 0.1) is 5.92 Å². The summed E-state index contributed by atoms with van der Waals surface area (Å²) in [5.74, 6) is -1.24. The summed E-state index contributed by atoms with van der Waals surface area (Å²) in [6.07, 6.45) is 7.60. The van der Waals surface area contributed by atoms with Gasteiger partial charge >= 0.3 is 5.97 Å². The SMILES string of the molecule is CC[C@H](OC1CCCCC1)C(=O)N1CCC[C@H](C(=O)O)C1. The standard InChI is InChI=1S/C16H27NO4/c1-2-14(21-13-8-4-3-5-9-13)15(18)17-10-6-7-12(11-17)16(19)20/h12-14H,2-11H2,1H3,(H,19,20)/t12-,14-/m0/s1. The monoisotopic (exact) mass is 297 g/mol. The van der Waals surface area contributed by atoms with Gasteiger partial charge in [-0.2, -0.15) is 0 Å². The van der Waals surface area contributed by atoms with E-state index in [4.69, 9.17) is 9.84 Å². The Kier molecular flexibility index (Phi) is 6.03. The van der Waals surface area contributed by atoms with Crippen LogP contribution in [0.2, 0.25) is 0 Å². The smallest absolute Gasteiger partial charge is 0.308 e. The van der Waals surface area contributed by atoms with E-state index in [0.717, 1.165) is 19.3 Å². The average Bonchev–Trinajstić information content (AvgIpc) is 2.53. The molecule has 120 valence electrons. The Morgan fingerprint density at radius 2 is 1.90 bits per heavy atom. The molecule has 0 unspecified atom stereocenters. The highest BCUT2D eigenvalue weighted by atomic mass is 16.5. The molecule has 0 aromatic heterocycles. The molecule has 0 bridgehead atoms. The fraction of sp³-hybridized carbons (Fsp3) is 0.875. The summed E-state index contributed by atoms with van der Waals surface area (Å²) in [6, 6.07) is 0. The minimum atomic E-state index is -0.797. The fourth-order valence-electron chi connectivity index (χ4n) is 3.35. The zero-order valence-corrected chi connectivity index (χ0v) is 12.9. The number of piperidine rings is 1. The molecule has 2 fully saturated rings. The second-order valence-corrected chi connectivity index (χ2v) is 6.25. The molecule has 1 amide bonds. The molecule has 1 saturated carbocycles. The number of carbonyl (C=O) groups is 2. The van der Waals surface area contributed by atoms with E-state index in [-0.39, 0.29) is 12.0 Å². The van der Waals surface area contributed by atoms with Crippen molar-refractivity contribution in [3.63, 3.8) is 0 Å². The highest BCUT2D eigenvalue weighted by Crippen LogP contribution is 2.24. The average molecular weight is 297 g/mol. The van der Waals surface area contributed by atoms with Gasteiger partial charge in [0.15, 0.2) is 0 Å². The van der Waals surface area contributed by atoms with Crippen LogP contribution in [0.3, 0.4) is 0 Å². The van der Waals surface area contributed by atoms with Crippen molar-refractivity contribution in [3.05, 3.63) is 0 Å². The lowest BCUT2D eigenvalue weighted by Crippen LogP contribution is -2.48. The summed E-state index contributed by atoms with van der Waals surface area (Å²) in [5.41, 5.74) is 0. The van der Waals surface area contributed by atoms with Crippen LogP contribution < -0.4 is 0 Å². The van der Waals surface area contributed by atoms with Crippen LogP contribution >= 0.6 is 0 Å². The minimum Gasteiger partial charge on any atom is -0.481 e. The van der Waals surface area contributed by atoms with E-state index in [1.165, 1.54) is 19.3 Å². The van der Waals surface area contributed by atoms with Gasteiger partial charge in [-0.1, -0.05) is 26.2 Å². The maximum Gasteiger partial charge on any atom is 0.308 e. The predicted octanol–water partition coefficient (Wildman–Crippen LogP) is 2.44. The molecule has 21 heavy (non-hydrogen) atoms. The van der Waals surface area contributed by atoms with Gasteiger partial charge in [0, 0.05) is 13.1 Å². The lowest BCUT2D eigenvalue weighted by molar-refractivity contribution is -0.154. The second kappa shape index (κ2) is 7.78. The molecule has 5 heteroatoms. The molecule has 0 aromatic carbocycles. The number of carboxylic acids is 1. The zero-order chi connectivity index (χ0) is 15.2. The molecule has 0 spiro atoms. The third-order valence-corrected chi connectivity index (χ3v) is 4.64. The molecule has 1 heterocycles. The summed E-state index contributed by atoms with van der Waals surface area (Å²) >= 11 is 0. The predicted molar refractivity (Wildman–Crippen MR) is 79.0 cm³/mol. The molecule has 5 nitrogen and oxygen atoms in total. The van der Waals surface area contributed by atoms with Crippen LogP contribution in [-0.4, -0.2) is 47.2 Å². The van der Waals surface area contributed by atoms with E-state index in [1.54, 1.807) is 4.90 Å². The van der Waals surface area contributed by atoms with Gasteiger partial charge in [0.25, 0.3) is 5.91 Å². The number of hydrogen-bond acceptors (Lipinski definition) is 3. The van der Waals surface area contributed by atoms with Crippen LogP contribution in [-0.2, 0) is 14.3 Å². The molecule has 0 radical (unpaired) electrons. The van der Waals surface area contributed by atoms with Crippen LogP contribution in [0.4, 0.5) is 0 Å². The minimum absolute atomic E-state index is 0.0194. The van der Waals surface area contributed by atoms with E-state index >= 15 is 0 Å². The van der Waals surface area contributed by atoms with Crippen molar-refractivity contribution in [3.8, 4) is 0 Å². The molecule has 1 N–H and O–H groups in total. The Labute approximate surface area is 126 Å². The summed E-state index contributed by atoms with van der Waals surface area (Å²) in [6.45, 7) is 2.95. The number of aliphatic carboxylic acids is 1. The second-order valence-electron chi connectivity index (χ2n) is 6.25. The van der Waals surface area contributed by atoms with Gasteiger partial charge in [0.2, 0.25) is 0 Å². The van der Waals surface area contributed by atoms with Gasteiger partial charge in [0.05, 0.1) is 12.0 Å². The number of carbonyl (C=O) groups excluding carboxylic acids is 1. The van der Waals surface area contributed by atoms with E-state index < -0.39 is 18.0 Å². The third kappa shape index (κ3) is 4.43. The van der Waals surface area contributed by atoms with Crippen molar-refractivity contribution in [1.82, 2.24) is 4.90 Å². The Morgan fingerprint density at radius 3 is 2.52 bits per heavy atom. The molecule has 1 aliphatic heterocycles. The van der Waals surface area contributed by atoms with Crippen molar-refractivity contribution in [2.45, 2.75) is 70.5 Å². The number of ether oxygens (including phenoxy) is 1. The topological polar surface area (TPSA) is 66.8 Å². The molecule has 2 rings (SSSR count). The maximum atomic E-state index is 12.6. The first-order valence-corrected chi connectivity index (χ1v) is 8.29. The van der Waals surface area contributed by atoms with Gasteiger partial charge in [-0.15, -0.1) is 0 Å². The van der Waals surface area contributed by atoms with Crippen molar-refractivity contribution < 1.29 is 19.4 Å². The van der Waals surface area contributed by atoms with Crippen molar-refractivity contribution in [2.24, 2.45) is 5.92 Å². The number of rotatable bonds is 5. The molecular weight excluding hydrogens is 270 g/mol. The number of carboxylic acid groups (broad SMARTS) is 1. The van der Waals surface area contributed by atoms with Gasteiger partial charge in [-0.05, 0) is 32.1 Å². The lowest BCUT2D eigenvalue weighted by atomic mass is 9.96. The summed E-state index contributed by atoms with van der Waals surface area (Å²) in [7, 11) is 0. The first-order chi connectivity index (χ1) is 10.1. The molecular formula is C16H27NO4. The van der Waals surface area contributed by atoms with Crippen LogP contribution in [0.25, 0.3) is 0 Å². The van der Waals surface area contributed by atoms with Gasteiger partial charge in [0.1, 0.15) is 6.10 Å². The van der Waals surface area contributed by atoms with Gasteiger partial charge in [-0.3, -0.25) is 9.59 Å². The Balaban J connectivity index is 1.90. The maximum absolute atomic E-state index is 12.6. The zero-order valence-electron chi connectivity index (χ0n) is 12.9. The summed E-state index contributed by atoms with van der Waals surface area (Å²) in [5, 5.41) is 9.13. The summed E-state index contributed by atoms with van der Waals surface area (Å²) in [4.78, 5) is 25.4. The molecule has 1 saturated heterocycles. The molecule has 0 aromatic rings. The molecule has 2 atom stereocenters. The number of amides is 1. The largest absolute Gasteiger partial charge is 0.481 e. The van der Waals surface area contributed by atoms with Gasteiger partial charge < -0.3 is 14.7 Å². The molecule has 1 aliphatic carbocycles. The Morgan fingerprint density at radius 1 is 1.19 bits per heavy atom. The first kappa shape index (κ1) is 16.3. The highest BCUT2D eigenvalue weighted by Gasteiger charge is 2.32. The normalized spacial score (nSPS) is 25.6. The Hall–Kier alpha value is -1.10. The lowest BCUT2D eigenvalue weighted by Gasteiger charge is -2.34. The van der Waals surface area contributed by atoms with E-state index in [0.29, 0.717) is 25.9 Å². The fourth-order valence-corrected chi connectivity index (χ4v) is 3.35. The third-order valence-electron chi connectivity index (χ3n) is 4.64.